The largest absolute Gasteiger partial charge is 0.456 e. The van der Waals surface area contributed by atoms with Crippen LogP contribution in [-0.4, -0.2) is 6.54 Å². The van der Waals surface area contributed by atoms with E-state index in [4.69, 9.17) is 4.74 Å². The van der Waals surface area contributed by atoms with Crippen LogP contribution in [-0.2, 0) is 0 Å². The van der Waals surface area contributed by atoms with Crippen molar-refractivity contribution in [2.75, 3.05) is 6.54 Å². The number of nitrogens with one attached hydrogen (secondary N) is 1. The van der Waals surface area contributed by atoms with Crippen molar-refractivity contribution in [1.82, 2.24) is 5.32 Å². The van der Waals surface area contributed by atoms with Crippen LogP contribution >= 0.6 is 31.9 Å². The van der Waals surface area contributed by atoms with Crippen LogP contribution in [0.1, 0.15) is 31.0 Å². The molecule has 0 bridgehead atoms. The Hall–Kier alpha value is -0.840. The fraction of sp³-hybridized carbons (Fsp3) is 0.294. The summed E-state index contributed by atoms with van der Waals surface area (Å²) in [7, 11) is 0. The third-order valence-corrected chi connectivity index (χ3v) is 4.57. The summed E-state index contributed by atoms with van der Waals surface area (Å²) in [5.41, 5.74) is 2.43. The van der Waals surface area contributed by atoms with Crippen LogP contribution in [0.4, 0.5) is 0 Å². The van der Waals surface area contributed by atoms with E-state index in [1.165, 1.54) is 11.1 Å². The Bertz CT molecular complexity index is 628. The minimum absolute atomic E-state index is 0.310. The summed E-state index contributed by atoms with van der Waals surface area (Å²) in [4.78, 5) is 0. The molecule has 0 fully saturated rings. The lowest BCUT2D eigenvalue weighted by atomic mass is 10.1. The van der Waals surface area contributed by atoms with Crippen LogP contribution in [0.3, 0.4) is 0 Å². The molecule has 2 aromatic rings. The van der Waals surface area contributed by atoms with Crippen LogP contribution in [0.15, 0.2) is 45.3 Å². The van der Waals surface area contributed by atoms with Crippen molar-refractivity contribution >= 4 is 31.9 Å². The minimum Gasteiger partial charge on any atom is -0.456 e. The zero-order chi connectivity index (χ0) is 15.4. The van der Waals surface area contributed by atoms with E-state index in [-0.39, 0.29) is 0 Å². The molecule has 0 aromatic heterocycles. The lowest BCUT2D eigenvalue weighted by molar-refractivity contribution is 0.478. The molecular formula is C17H19Br2NO. The van der Waals surface area contributed by atoms with E-state index in [0.29, 0.717) is 6.04 Å². The number of halogens is 2. The van der Waals surface area contributed by atoms with Crippen LogP contribution in [0.2, 0.25) is 0 Å². The minimum atomic E-state index is 0.310. The Balaban J connectivity index is 2.20. The van der Waals surface area contributed by atoms with E-state index in [0.717, 1.165) is 27.0 Å². The first-order valence-electron chi connectivity index (χ1n) is 6.98. The van der Waals surface area contributed by atoms with Crippen molar-refractivity contribution in [3.8, 4) is 11.5 Å². The fourth-order valence-electron chi connectivity index (χ4n) is 2.15. The quantitative estimate of drug-likeness (QED) is 0.651. The second-order valence-corrected chi connectivity index (χ2v) is 6.71. The predicted octanol–water partition coefficient (Wildman–Crippen LogP) is 5.98. The Morgan fingerprint density at radius 2 is 1.86 bits per heavy atom. The molecule has 0 spiro atoms. The molecule has 1 atom stereocenters. The summed E-state index contributed by atoms with van der Waals surface area (Å²) >= 11 is 7.16. The standard InChI is InChI=1S/C17H19Br2NO/c1-4-20-12(3)14-7-6-13(10-15(14)18)21-17-8-5-11(2)9-16(17)19/h5-10,12,20H,4H2,1-3H3. The zero-order valence-corrected chi connectivity index (χ0v) is 15.6. The summed E-state index contributed by atoms with van der Waals surface area (Å²) in [5.74, 6) is 1.64. The SMILES string of the molecule is CCNC(C)c1ccc(Oc2ccc(C)cc2Br)cc1Br. The molecule has 1 unspecified atom stereocenters. The molecule has 0 amide bonds. The third kappa shape index (κ3) is 4.31. The number of ether oxygens (including phenoxy) is 1. The molecular weight excluding hydrogens is 394 g/mol. The smallest absolute Gasteiger partial charge is 0.141 e. The molecule has 21 heavy (non-hydrogen) atoms. The number of rotatable bonds is 5. The van der Waals surface area contributed by atoms with Crippen molar-refractivity contribution in [2.24, 2.45) is 0 Å². The lowest BCUT2D eigenvalue weighted by Gasteiger charge is -2.16. The van der Waals surface area contributed by atoms with E-state index >= 15 is 0 Å². The number of hydrogen-bond acceptors (Lipinski definition) is 2. The molecule has 0 aliphatic carbocycles. The van der Waals surface area contributed by atoms with Crippen molar-refractivity contribution in [3.05, 3.63) is 56.5 Å². The second kappa shape index (κ2) is 7.43. The summed E-state index contributed by atoms with van der Waals surface area (Å²) in [6.07, 6.45) is 0. The average Bonchev–Trinajstić information content (AvgIpc) is 2.42. The highest BCUT2D eigenvalue weighted by Crippen LogP contribution is 2.33. The molecule has 0 saturated heterocycles. The highest BCUT2D eigenvalue weighted by molar-refractivity contribution is 9.10. The van der Waals surface area contributed by atoms with E-state index in [1.807, 2.05) is 30.3 Å². The molecule has 112 valence electrons. The zero-order valence-electron chi connectivity index (χ0n) is 12.4. The highest BCUT2D eigenvalue weighted by Gasteiger charge is 2.10. The maximum atomic E-state index is 5.94. The number of hydrogen-bond donors (Lipinski definition) is 1. The van der Waals surface area contributed by atoms with E-state index in [1.54, 1.807) is 0 Å². The van der Waals surface area contributed by atoms with Gasteiger partial charge in [-0.15, -0.1) is 0 Å². The first-order chi connectivity index (χ1) is 10.0. The second-order valence-electron chi connectivity index (χ2n) is 5.00. The first kappa shape index (κ1) is 16.5. The van der Waals surface area contributed by atoms with Crippen molar-refractivity contribution in [2.45, 2.75) is 26.8 Å². The van der Waals surface area contributed by atoms with Crippen LogP contribution < -0.4 is 10.1 Å². The van der Waals surface area contributed by atoms with Crippen LogP contribution in [0, 0.1) is 6.92 Å². The van der Waals surface area contributed by atoms with Gasteiger partial charge in [-0.2, -0.15) is 0 Å². The maximum Gasteiger partial charge on any atom is 0.141 e. The summed E-state index contributed by atoms with van der Waals surface area (Å²) in [5, 5.41) is 3.41. The van der Waals surface area contributed by atoms with Gasteiger partial charge in [-0.3, -0.25) is 0 Å². The number of benzene rings is 2. The Morgan fingerprint density at radius 3 is 2.48 bits per heavy atom. The van der Waals surface area contributed by atoms with Gasteiger partial charge in [-0.1, -0.05) is 35.0 Å². The van der Waals surface area contributed by atoms with Gasteiger partial charge in [-0.25, -0.2) is 0 Å². The third-order valence-electron chi connectivity index (χ3n) is 3.26. The molecule has 0 saturated carbocycles. The lowest BCUT2D eigenvalue weighted by Crippen LogP contribution is -2.17. The molecule has 0 aliphatic rings. The molecule has 4 heteroatoms. The highest BCUT2D eigenvalue weighted by atomic mass is 79.9. The molecule has 0 aliphatic heterocycles. The normalized spacial score (nSPS) is 12.2. The molecule has 0 heterocycles. The van der Waals surface area contributed by atoms with Gasteiger partial charge < -0.3 is 10.1 Å². The summed E-state index contributed by atoms with van der Waals surface area (Å²) < 4.78 is 7.96. The van der Waals surface area contributed by atoms with Gasteiger partial charge in [0, 0.05) is 10.5 Å². The molecule has 2 aromatic carbocycles. The Morgan fingerprint density at radius 1 is 1.10 bits per heavy atom. The van der Waals surface area contributed by atoms with Crippen molar-refractivity contribution in [1.29, 1.82) is 0 Å². The monoisotopic (exact) mass is 411 g/mol. The van der Waals surface area contributed by atoms with E-state index in [9.17, 15) is 0 Å². The molecule has 0 radical (unpaired) electrons. The van der Waals surface area contributed by atoms with E-state index in [2.05, 4.69) is 64.0 Å². The van der Waals surface area contributed by atoms with Crippen LogP contribution in [0.5, 0.6) is 11.5 Å². The molecule has 1 N–H and O–H groups in total. The van der Waals surface area contributed by atoms with Crippen LogP contribution in [0.25, 0.3) is 0 Å². The Kier molecular flexibility index (Phi) is 5.85. The van der Waals surface area contributed by atoms with E-state index < -0.39 is 0 Å². The van der Waals surface area contributed by atoms with Gasteiger partial charge in [0.25, 0.3) is 0 Å². The Labute approximate surface area is 143 Å². The van der Waals surface area contributed by atoms with Gasteiger partial charge >= 0.3 is 0 Å². The summed E-state index contributed by atoms with van der Waals surface area (Å²) in [6, 6.07) is 12.5. The van der Waals surface area contributed by atoms with Gasteiger partial charge in [0.05, 0.1) is 4.47 Å². The van der Waals surface area contributed by atoms with Gasteiger partial charge in [-0.05, 0) is 71.7 Å². The first-order valence-corrected chi connectivity index (χ1v) is 8.56. The van der Waals surface area contributed by atoms with Gasteiger partial charge in [0.1, 0.15) is 11.5 Å². The van der Waals surface area contributed by atoms with Crippen molar-refractivity contribution in [3.63, 3.8) is 0 Å². The molecule has 2 rings (SSSR count). The van der Waals surface area contributed by atoms with Crippen molar-refractivity contribution < 1.29 is 4.74 Å². The summed E-state index contributed by atoms with van der Waals surface area (Å²) in [6.45, 7) is 7.27. The van der Waals surface area contributed by atoms with Gasteiger partial charge in [0.2, 0.25) is 0 Å². The molecule has 2 nitrogen and oxygen atoms in total. The average molecular weight is 413 g/mol. The number of aryl methyl sites for hydroxylation is 1. The predicted molar refractivity (Wildman–Crippen MR) is 95.2 cm³/mol. The maximum absolute atomic E-state index is 5.94. The fourth-order valence-corrected chi connectivity index (χ4v) is 3.43. The topological polar surface area (TPSA) is 21.3 Å². The van der Waals surface area contributed by atoms with Gasteiger partial charge in [0.15, 0.2) is 0 Å².